The number of nitrogens with zero attached hydrogens (tertiary/aromatic N) is 1. The van der Waals surface area contributed by atoms with Crippen LogP contribution in [0.4, 0.5) is 11.4 Å². The van der Waals surface area contributed by atoms with Crippen LogP contribution in [-0.4, -0.2) is 18.6 Å². The van der Waals surface area contributed by atoms with Crippen molar-refractivity contribution < 1.29 is 19.1 Å². The smallest absolute Gasteiger partial charge is 0.282 e. The number of halogens is 1. The third-order valence-corrected chi connectivity index (χ3v) is 6.27. The first-order valence-electron chi connectivity index (χ1n) is 9.13. The lowest BCUT2D eigenvalue weighted by Gasteiger charge is -2.18. The summed E-state index contributed by atoms with van der Waals surface area (Å²) in [5.74, 6) is 0.387. The molecule has 0 saturated heterocycles. The average molecular weight is 439 g/mol. The molecule has 2 amide bonds. The highest BCUT2D eigenvalue weighted by Gasteiger charge is 2.41. The van der Waals surface area contributed by atoms with Crippen molar-refractivity contribution in [3.8, 4) is 11.5 Å². The second kappa shape index (κ2) is 7.19. The van der Waals surface area contributed by atoms with Gasteiger partial charge in [-0.2, -0.15) is 0 Å². The second-order valence-electron chi connectivity index (χ2n) is 6.75. The Labute approximate surface area is 181 Å². The van der Waals surface area contributed by atoms with Crippen molar-refractivity contribution in [3.63, 3.8) is 0 Å². The fraction of sp³-hybridized carbons (Fsp3) is 0.0909. The molecule has 2 aliphatic rings. The minimum Gasteiger partial charge on any atom is -0.454 e. The molecule has 3 aromatic rings. The number of carbonyl (C=O) groups is 2. The van der Waals surface area contributed by atoms with Crippen LogP contribution >= 0.6 is 22.9 Å². The van der Waals surface area contributed by atoms with Gasteiger partial charge in [0.05, 0.1) is 11.3 Å². The number of amides is 2. The molecule has 0 radical (unpaired) electrons. The Morgan fingerprint density at radius 2 is 1.87 bits per heavy atom. The molecule has 0 fully saturated rings. The number of nitrogens with one attached hydrogen (secondary N) is 1. The molecule has 5 rings (SSSR count). The van der Waals surface area contributed by atoms with E-state index in [4.69, 9.17) is 21.1 Å². The molecule has 0 bridgehead atoms. The van der Waals surface area contributed by atoms with Crippen LogP contribution in [-0.2, 0) is 9.59 Å². The molecule has 2 aromatic carbocycles. The lowest BCUT2D eigenvalue weighted by Crippen LogP contribution is -2.33. The number of rotatable bonds is 4. The number of imide groups is 1. The van der Waals surface area contributed by atoms with E-state index in [-0.39, 0.29) is 12.5 Å². The Bertz CT molecular complexity index is 1220. The van der Waals surface area contributed by atoms with Gasteiger partial charge in [-0.1, -0.05) is 23.7 Å². The van der Waals surface area contributed by atoms with Gasteiger partial charge in [-0.15, -0.1) is 11.3 Å². The lowest BCUT2D eigenvalue weighted by molar-refractivity contribution is -0.120. The van der Waals surface area contributed by atoms with E-state index in [1.54, 1.807) is 43.3 Å². The van der Waals surface area contributed by atoms with Crippen molar-refractivity contribution >= 4 is 51.7 Å². The molecule has 30 heavy (non-hydrogen) atoms. The monoisotopic (exact) mass is 438 g/mol. The highest BCUT2D eigenvalue weighted by molar-refractivity contribution is 7.11. The van der Waals surface area contributed by atoms with E-state index in [9.17, 15) is 9.59 Å². The molecule has 0 aliphatic carbocycles. The maximum absolute atomic E-state index is 13.4. The van der Waals surface area contributed by atoms with Crippen LogP contribution in [0.2, 0.25) is 5.02 Å². The summed E-state index contributed by atoms with van der Waals surface area (Å²) in [6.07, 6.45) is 0. The highest BCUT2D eigenvalue weighted by Crippen LogP contribution is 2.39. The summed E-state index contributed by atoms with van der Waals surface area (Å²) in [6.45, 7) is 1.94. The van der Waals surface area contributed by atoms with Gasteiger partial charge in [0.15, 0.2) is 11.5 Å². The summed E-state index contributed by atoms with van der Waals surface area (Å²) in [5, 5.41) is 5.48. The highest BCUT2D eigenvalue weighted by atomic mass is 35.5. The molecule has 0 spiro atoms. The molecule has 3 heterocycles. The van der Waals surface area contributed by atoms with E-state index in [2.05, 4.69) is 5.32 Å². The molecule has 8 heteroatoms. The molecular weight excluding hydrogens is 424 g/mol. The van der Waals surface area contributed by atoms with Crippen molar-refractivity contribution in [2.24, 2.45) is 0 Å². The Morgan fingerprint density at radius 3 is 2.67 bits per heavy atom. The van der Waals surface area contributed by atoms with Crippen LogP contribution in [0.15, 0.2) is 59.6 Å². The van der Waals surface area contributed by atoms with E-state index in [0.717, 1.165) is 0 Å². The minimum atomic E-state index is -0.438. The molecule has 0 unspecified atom stereocenters. The summed E-state index contributed by atoms with van der Waals surface area (Å²) in [7, 11) is 0. The van der Waals surface area contributed by atoms with Gasteiger partial charge in [-0.25, -0.2) is 4.90 Å². The minimum absolute atomic E-state index is 0.154. The maximum atomic E-state index is 13.4. The molecule has 6 nitrogen and oxygen atoms in total. The van der Waals surface area contributed by atoms with Crippen molar-refractivity contribution in [1.82, 2.24) is 0 Å². The number of hydrogen-bond donors (Lipinski definition) is 1. The normalized spacial score (nSPS) is 15.3. The molecular formula is C22H15ClN2O4S. The largest absolute Gasteiger partial charge is 0.454 e. The van der Waals surface area contributed by atoms with Crippen LogP contribution in [0, 0.1) is 6.92 Å². The molecule has 1 aromatic heterocycles. The summed E-state index contributed by atoms with van der Waals surface area (Å²) >= 11 is 7.64. The van der Waals surface area contributed by atoms with Crippen LogP contribution in [0.1, 0.15) is 10.4 Å². The number of hydrogen-bond acceptors (Lipinski definition) is 6. The van der Waals surface area contributed by atoms with E-state index in [1.807, 2.05) is 17.5 Å². The van der Waals surface area contributed by atoms with E-state index >= 15 is 0 Å². The van der Waals surface area contributed by atoms with Crippen LogP contribution in [0.5, 0.6) is 11.5 Å². The van der Waals surface area contributed by atoms with Crippen molar-refractivity contribution in [2.45, 2.75) is 6.92 Å². The lowest BCUT2D eigenvalue weighted by atomic mass is 10.1. The second-order valence-corrected chi connectivity index (χ2v) is 8.10. The van der Waals surface area contributed by atoms with Gasteiger partial charge >= 0.3 is 0 Å². The fourth-order valence-electron chi connectivity index (χ4n) is 3.47. The fourth-order valence-corrected chi connectivity index (χ4v) is 4.41. The number of fused-ring (bicyclic) bond motifs is 1. The van der Waals surface area contributed by atoms with E-state index in [1.165, 1.54) is 16.2 Å². The van der Waals surface area contributed by atoms with Gasteiger partial charge in [-0.3, -0.25) is 9.59 Å². The number of carbonyl (C=O) groups excluding carboxylic acids is 2. The van der Waals surface area contributed by atoms with Crippen LogP contribution in [0.25, 0.3) is 5.57 Å². The summed E-state index contributed by atoms with van der Waals surface area (Å²) < 4.78 is 10.8. The first-order valence-corrected chi connectivity index (χ1v) is 10.4. The zero-order chi connectivity index (χ0) is 20.8. The van der Waals surface area contributed by atoms with Crippen LogP contribution < -0.4 is 19.7 Å². The number of benzene rings is 2. The molecule has 0 saturated carbocycles. The molecule has 150 valence electrons. The molecule has 2 aliphatic heterocycles. The standard InChI is InChI=1S/C22H15ClN2O4S/c1-12-14(23)4-2-5-15(12)25-21(26)19(18-6-3-9-30-18)20(22(25)27)24-13-7-8-16-17(10-13)29-11-28-16/h2-10,24H,11H2,1H3. The zero-order valence-electron chi connectivity index (χ0n) is 15.8. The predicted molar refractivity (Wildman–Crippen MR) is 116 cm³/mol. The SMILES string of the molecule is Cc1c(Cl)cccc1N1C(=O)C(Nc2ccc3c(c2)OCO3)=C(c2cccs2)C1=O. The molecule has 1 N–H and O–H groups in total. The number of anilines is 2. The van der Waals surface area contributed by atoms with Crippen LogP contribution in [0.3, 0.4) is 0 Å². The summed E-state index contributed by atoms with van der Waals surface area (Å²) in [5.41, 5.74) is 2.28. The van der Waals surface area contributed by atoms with E-state index < -0.39 is 11.8 Å². The number of thiophene rings is 1. The topological polar surface area (TPSA) is 67.9 Å². The Kier molecular flexibility index (Phi) is 4.49. The van der Waals surface area contributed by atoms with Gasteiger partial charge in [0, 0.05) is 21.7 Å². The van der Waals surface area contributed by atoms with Gasteiger partial charge in [-0.05, 0) is 48.2 Å². The first kappa shape index (κ1) is 18.7. The van der Waals surface area contributed by atoms with Crippen molar-refractivity contribution in [2.75, 3.05) is 17.0 Å². The van der Waals surface area contributed by atoms with Gasteiger partial charge in [0.1, 0.15) is 5.70 Å². The first-order chi connectivity index (χ1) is 14.5. The Hall–Kier alpha value is -3.29. The third kappa shape index (κ3) is 2.94. The molecule has 0 atom stereocenters. The van der Waals surface area contributed by atoms with Gasteiger partial charge in [0.2, 0.25) is 6.79 Å². The zero-order valence-corrected chi connectivity index (χ0v) is 17.3. The maximum Gasteiger partial charge on any atom is 0.282 e. The predicted octanol–water partition coefficient (Wildman–Crippen LogP) is 4.84. The van der Waals surface area contributed by atoms with Gasteiger partial charge in [0.25, 0.3) is 11.8 Å². The summed E-state index contributed by atoms with van der Waals surface area (Å²) in [4.78, 5) is 28.7. The quantitative estimate of drug-likeness (QED) is 0.590. The Balaban J connectivity index is 1.59. The van der Waals surface area contributed by atoms with Gasteiger partial charge < -0.3 is 14.8 Å². The number of ether oxygens (including phenoxy) is 2. The van der Waals surface area contributed by atoms with E-state index in [0.29, 0.717) is 43.9 Å². The average Bonchev–Trinajstić information content (AvgIpc) is 3.46. The summed E-state index contributed by atoms with van der Waals surface area (Å²) in [6, 6.07) is 14.1. The van der Waals surface area contributed by atoms with Crippen molar-refractivity contribution in [1.29, 1.82) is 0 Å². The third-order valence-electron chi connectivity index (χ3n) is 4.97. The Morgan fingerprint density at radius 1 is 1.03 bits per heavy atom. The van der Waals surface area contributed by atoms with Crippen molar-refractivity contribution in [3.05, 3.63) is 75.1 Å².